The smallest absolute Gasteiger partial charge is 0.314 e. The van der Waals surface area contributed by atoms with E-state index in [2.05, 4.69) is 17.6 Å². The first kappa shape index (κ1) is 14.6. The molecule has 2 amide bonds. The van der Waals surface area contributed by atoms with Crippen LogP contribution in [0.5, 0.6) is 0 Å². The zero-order valence-corrected chi connectivity index (χ0v) is 12.6. The molecule has 0 spiro atoms. The maximum atomic E-state index is 11.9. The molecule has 0 radical (unpaired) electrons. The van der Waals surface area contributed by atoms with Crippen LogP contribution in [0.15, 0.2) is 30.0 Å². The summed E-state index contributed by atoms with van der Waals surface area (Å²) in [7, 11) is 0. The first-order valence-electron chi connectivity index (χ1n) is 7.38. The summed E-state index contributed by atoms with van der Waals surface area (Å²) >= 11 is 0. The Morgan fingerprint density at radius 3 is 2.65 bits per heavy atom. The fourth-order valence-corrected chi connectivity index (χ4v) is 2.72. The summed E-state index contributed by atoms with van der Waals surface area (Å²) in [5.41, 5.74) is 4.44. The number of nitrogens with one attached hydrogen (secondary N) is 2. The van der Waals surface area contributed by atoms with E-state index in [4.69, 9.17) is 0 Å². The van der Waals surface area contributed by atoms with E-state index >= 15 is 0 Å². The number of anilines is 1. The fourth-order valence-electron chi connectivity index (χ4n) is 2.72. The number of rotatable bonds is 3. The quantitative estimate of drug-likeness (QED) is 0.834. The van der Waals surface area contributed by atoms with Crippen molar-refractivity contribution >= 4 is 11.7 Å². The number of carbonyl (C=O) groups excluding carboxylic acids is 1. The Morgan fingerprint density at radius 2 is 1.95 bits per heavy atom. The van der Waals surface area contributed by atoms with Gasteiger partial charge < -0.3 is 10.6 Å². The maximum Gasteiger partial charge on any atom is 0.323 e. The van der Waals surface area contributed by atoms with Crippen LogP contribution in [0.2, 0.25) is 0 Å². The van der Waals surface area contributed by atoms with Crippen molar-refractivity contribution < 1.29 is 4.79 Å². The maximum absolute atomic E-state index is 11.9. The van der Waals surface area contributed by atoms with Crippen LogP contribution in [-0.2, 0) is 0 Å². The third-order valence-corrected chi connectivity index (χ3v) is 4.28. The summed E-state index contributed by atoms with van der Waals surface area (Å²) in [5, 5.41) is 5.74. The Morgan fingerprint density at radius 1 is 1.25 bits per heavy atom. The first-order chi connectivity index (χ1) is 9.58. The van der Waals surface area contributed by atoms with E-state index in [1.54, 1.807) is 0 Å². The second kappa shape index (κ2) is 6.60. The lowest BCUT2D eigenvalue weighted by atomic mass is 10.0. The molecule has 1 aliphatic rings. The van der Waals surface area contributed by atoms with E-state index in [0.29, 0.717) is 5.92 Å². The Kier molecular flexibility index (Phi) is 4.83. The van der Waals surface area contributed by atoms with Crippen LogP contribution < -0.4 is 10.6 Å². The Hall–Kier alpha value is -1.77. The Bertz CT molecular complexity index is 514. The Labute approximate surface area is 121 Å². The number of urea groups is 1. The number of amides is 2. The van der Waals surface area contributed by atoms with E-state index < -0.39 is 0 Å². The van der Waals surface area contributed by atoms with E-state index in [9.17, 15) is 4.79 Å². The number of allylic oxidation sites excluding steroid dienone is 1. The van der Waals surface area contributed by atoms with Crippen molar-refractivity contribution in [3.05, 3.63) is 41.1 Å². The van der Waals surface area contributed by atoms with Crippen molar-refractivity contribution in [2.24, 2.45) is 5.92 Å². The molecular formula is C17H24N2O. The van der Waals surface area contributed by atoms with E-state index in [0.717, 1.165) is 11.3 Å². The van der Waals surface area contributed by atoms with Gasteiger partial charge in [0.15, 0.2) is 0 Å². The molecule has 0 saturated heterocycles. The highest BCUT2D eigenvalue weighted by molar-refractivity contribution is 5.90. The average molecular weight is 272 g/mol. The number of carbonyl (C=O) groups is 1. The molecule has 0 aromatic heterocycles. The lowest BCUT2D eigenvalue weighted by Gasteiger charge is -2.12. The van der Waals surface area contributed by atoms with Crippen molar-refractivity contribution in [2.75, 3.05) is 5.32 Å². The zero-order chi connectivity index (χ0) is 14.5. The zero-order valence-electron chi connectivity index (χ0n) is 12.6. The molecule has 2 N–H and O–H groups in total. The average Bonchev–Trinajstić information content (AvgIpc) is 2.95. The van der Waals surface area contributed by atoms with Gasteiger partial charge in [-0.15, -0.1) is 0 Å². The molecule has 3 heteroatoms. The van der Waals surface area contributed by atoms with Crippen LogP contribution in [0.25, 0.3) is 0 Å². The molecule has 3 nitrogen and oxygen atoms in total. The third-order valence-electron chi connectivity index (χ3n) is 4.28. The van der Waals surface area contributed by atoms with E-state index in [-0.39, 0.29) is 6.03 Å². The van der Waals surface area contributed by atoms with Gasteiger partial charge in [0, 0.05) is 11.9 Å². The lowest BCUT2D eigenvalue weighted by Crippen LogP contribution is -2.25. The van der Waals surface area contributed by atoms with Gasteiger partial charge in [-0.2, -0.15) is 0 Å². The molecule has 0 unspecified atom stereocenters. The summed E-state index contributed by atoms with van der Waals surface area (Å²) < 4.78 is 0. The number of aryl methyl sites for hydroxylation is 1. The molecule has 1 aliphatic carbocycles. The predicted octanol–water partition coefficient (Wildman–Crippen LogP) is 4.52. The number of benzene rings is 1. The summed E-state index contributed by atoms with van der Waals surface area (Å²) in [5.74, 6) is 0.649. The standard InChI is InChI=1S/C17H24N2O/c1-12-7-6-10-16(14(12)3)19-17(20)18-11-13(2)15-8-4-5-9-15/h6-7,10-11,15H,4-5,8-9H2,1-3H3,(H2,18,19,20)/b13-11+. The minimum Gasteiger partial charge on any atom is -0.314 e. The second-order valence-electron chi connectivity index (χ2n) is 5.72. The van der Waals surface area contributed by atoms with E-state index in [1.165, 1.54) is 36.8 Å². The van der Waals surface area contributed by atoms with Crippen molar-refractivity contribution in [3.8, 4) is 0 Å². The molecule has 20 heavy (non-hydrogen) atoms. The van der Waals surface area contributed by atoms with Gasteiger partial charge in [0.2, 0.25) is 0 Å². The minimum absolute atomic E-state index is 0.170. The summed E-state index contributed by atoms with van der Waals surface area (Å²) in [4.78, 5) is 11.9. The highest BCUT2D eigenvalue weighted by Gasteiger charge is 2.16. The molecule has 0 atom stereocenters. The van der Waals surface area contributed by atoms with Crippen LogP contribution in [0.1, 0.15) is 43.7 Å². The molecular weight excluding hydrogens is 248 g/mol. The second-order valence-corrected chi connectivity index (χ2v) is 5.72. The van der Waals surface area contributed by atoms with Crippen LogP contribution in [-0.4, -0.2) is 6.03 Å². The molecule has 1 fully saturated rings. The van der Waals surface area contributed by atoms with Gasteiger partial charge in [0.05, 0.1) is 0 Å². The largest absolute Gasteiger partial charge is 0.323 e. The number of hydrogen-bond acceptors (Lipinski definition) is 1. The van der Waals surface area contributed by atoms with Gasteiger partial charge in [-0.3, -0.25) is 0 Å². The monoisotopic (exact) mass is 272 g/mol. The molecule has 1 saturated carbocycles. The van der Waals surface area contributed by atoms with Crippen LogP contribution in [0.4, 0.5) is 10.5 Å². The van der Waals surface area contributed by atoms with Gasteiger partial charge in [0.25, 0.3) is 0 Å². The van der Waals surface area contributed by atoms with Crippen LogP contribution >= 0.6 is 0 Å². The normalized spacial score (nSPS) is 16.2. The predicted molar refractivity (Wildman–Crippen MR) is 83.8 cm³/mol. The summed E-state index contributed by atoms with van der Waals surface area (Å²) in [6.07, 6.45) is 6.98. The van der Waals surface area contributed by atoms with Crippen molar-refractivity contribution in [1.29, 1.82) is 0 Å². The van der Waals surface area contributed by atoms with Crippen molar-refractivity contribution in [1.82, 2.24) is 5.32 Å². The highest BCUT2D eigenvalue weighted by Crippen LogP contribution is 2.30. The molecule has 0 heterocycles. The van der Waals surface area contributed by atoms with Gasteiger partial charge >= 0.3 is 6.03 Å². The van der Waals surface area contributed by atoms with Gasteiger partial charge in [0.1, 0.15) is 0 Å². The fraction of sp³-hybridized carbons (Fsp3) is 0.471. The van der Waals surface area contributed by atoms with Crippen LogP contribution in [0.3, 0.4) is 0 Å². The molecule has 0 bridgehead atoms. The lowest BCUT2D eigenvalue weighted by molar-refractivity contribution is 0.255. The molecule has 1 aromatic carbocycles. The third kappa shape index (κ3) is 3.62. The van der Waals surface area contributed by atoms with Gasteiger partial charge in [-0.25, -0.2) is 4.79 Å². The molecule has 1 aromatic rings. The topological polar surface area (TPSA) is 41.1 Å². The van der Waals surface area contributed by atoms with Gasteiger partial charge in [-0.05, 0) is 56.7 Å². The minimum atomic E-state index is -0.170. The van der Waals surface area contributed by atoms with Crippen molar-refractivity contribution in [2.45, 2.75) is 46.5 Å². The molecule has 2 rings (SSSR count). The molecule has 0 aliphatic heterocycles. The summed E-state index contributed by atoms with van der Waals surface area (Å²) in [6, 6.07) is 5.76. The Balaban J connectivity index is 1.92. The van der Waals surface area contributed by atoms with Crippen molar-refractivity contribution in [3.63, 3.8) is 0 Å². The summed E-state index contributed by atoms with van der Waals surface area (Å²) in [6.45, 7) is 6.17. The number of hydrogen-bond donors (Lipinski definition) is 2. The first-order valence-corrected chi connectivity index (χ1v) is 7.38. The van der Waals surface area contributed by atoms with Crippen LogP contribution in [0, 0.1) is 19.8 Å². The SMILES string of the molecule is C/C(=C\NC(=O)Nc1cccc(C)c1C)C1CCCC1. The van der Waals surface area contributed by atoms with Gasteiger partial charge in [-0.1, -0.05) is 30.5 Å². The highest BCUT2D eigenvalue weighted by atomic mass is 16.2. The van der Waals surface area contributed by atoms with E-state index in [1.807, 2.05) is 38.2 Å². The molecule has 108 valence electrons.